The van der Waals surface area contributed by atoms with Crippen LogP contribution in [0.25, 0.3) is 0 Å². The zero-order valence-corrected chi connectivity index (χ0v) is 38.6. The summed E-state index contributed by atoms with van der Waals surface area (Å²) >= 11 is 4.12. The molecule has 1 amide bonds. The van der Waals surface area contributed by atoms with Crippen molar-refractivity contribution >= 4 is 76.1 Å². The first-order valence-electron chi connectivity index (χ1n) is 18.4. The van der Waals surface area contributed by atoms with E-state index in [4.69, 9.17) is 33.3 Å². The average molecular weight is 990 g/mol. The Bertz CT molecular complexity index is 2070. The highest BCUT2D eigenvalue weighted by atomic mass is 79.9. The number of carbonyl (C=O) groups is 3. The Morgan fingerprint density at radius 3 is 2.41 bits per heavy atom. The van der Waals surface area contributed by atoms with Crippen LogP contribution in [-0.2, 0) is 28.6 Å². The van der Waals surface area contributed by atoms with Crippen LogP contribution in [0.15, 0.2) is 38.9 Å². The molecule has 1 aromatic rings. The molecule has 11 atom stereocenters. The van der Waals surface area contributed by atoms with Gasteiger partial charge < -0.3 is 54.0 Å². The smallest absolute Gasteiger partial charge is 0.411 e. The molecule has 332 valence electrons. The van der Waals surface area contributed by atoms with Crippen molar-refractivity contribution in [2.45, 2.75) is 99.7 Å². The Morgan fingerprint density at radius 2 is 1.75 bits per heavy atom. The summed E-state index contributed by atoms with van der Waals surface area (Å²) in [6.07, 6.45) is -7.18. The number of thioether (sulfide) groups is 1. The largest absolute Gasteiger partial charge is 0.503 e. The minimum atomic E-state index is -2.03. The lowest BCUT2D eigenvalue weighted by Gasteiger charge is -2.44. The second kappa shape index (κ2) is 21.6. The van der Waals surface area contributed by atoms with Gasteiger partial charge in [-0.1, -0.05) is 57.0 Å². The third-order valence-electron chi connectivity index (χ3n) is 9.91. The Hall–Kier alpha value is -2.91. The Balaban J connectivity index is 1.30. The number of hydrogen-bond donors (Lipinski definition) is 7. The lowest BCUT2D eigenvalue weighted by atomic mass is 9.76. The molecule has 2 heterocycles. The quantitative estimate of drug-likeness (QED) is 0.0649. The number of phenolic OH excluding ortho intramolecular Hbond substituents is 1. The van der Waals surface area contributed by atoms with Gasteiger partial charge in [0.05, 0.1) is 73.1 Å². The maximum atomic E-state index is 13.7. The van der Waals surface area contributed by atoms with Crippen molar-refractivity contribution in [2.75, 3.05) is 27.6 Å². The summed E-state index contributed by atoms with van der Waals surface area (Å²) in [5, 5.41) is 59.1. The number of halogens is 1. The summed E-state index contributed by atoms with van der Waals surface area (Å²) in [4.78, 5) is 45.5. The summed E-state index contributed by atoms with van der Waals surface area (Å²) < 4.78 is 34.0. The number of aromatic hydroxyl groups is 1. The van der Waals surface area contributed by atoms with Gasteiger partial charge in [-0.05, 0) is 75.9 Å². The maximum Gasteiger partial charge on any atom is 0.411 e. The number of Topliss-reactive ketones (excluding diaryl/α,β-unsaturated/α-hetero) is 1. The maximum absolute atomic E-state index is 13.7. The predicted molar refractivity (Wildman–Crippen MR) is 232 cm³/mol. The van der Waals surface area contributed by atoms with Gasteiger partial charge in [0.1, 0.15) is 18.3 Å². The number of benzene rings is 1. The van der Waals surface area contributed by atoms with Crippen molar-refractivity contribution in [1.82, 2.24) is 10.8 Å². The number of ether oxygens (including phenoxy) is 6. The van der Waals surface area contributed by atoms with Crippen LogP contribution in [0.3, 0.4) is 0 Å². The molecule has 2 aliphatic heterocycles. The number of alkyl carbamates (subject to hydrolysis) is 1. The Morgan fingerprint density at radius 1 is 1.05 bits per heavy atom. The molecule has 5 rings (SSSR count). The standard InChI is InChI=1S/C39H45BrN2O15S4/c1-17-25(33(51-4)34(52-5)30(45)27(17)40)36(48)60-35-19(3)54-24(14-21(35)43)57-42-28-18(2)55-37(32(47)31(28)46)56-23-12-10-8-9-11-13-39(50)15-22(44)29(41-38(49)53-6)26(23)20(39)16-59-61-58-7/h8-9,16,18-19,21,23-24,28,31-32,35,37,42-43,45-47,50H,14-15H2,1-7H3,(H,41,49). The van der Waals surface area contributed by atoms with E-state index in [9.17, 15) is 39.9 Å². The lowest BCUT2D eigenvalue weighted by molar-refractivity contribution is -0.301. The van der Waals surface area contributed by atoms with Gasteiger partial charge in [-0.15, -0.1) is 0 Å². The minimum Gasteiger partial charge on any atom is -0.503 e. The molecule has 2 bridgehead atoms. The molecule has 61 heavy (non-hydrogen) atoms. The number of fused-ring (bicyclic) bond motifs is 2. The number of hydrogen-bond acceptors (Lipinski definition) is 20. The first kappa shape index (κ1) is 49.1. The summed E-state index contributed by atoms with van der Waals surface area (Å²) in [5.41, 5.74) is 0.985. The minimum absolute atomic E-state index is 0.0325. The molecule has 0 radical (unpaired) electrons. The normalized spacial score (nSPS) is 31.7. The van der Waals surface area contributed by atoms with Crippen molar-refractivity contribution in [3.63, 3.8) is 0 Å². The SMILES string of the molecule is COC(=O)NC1=C2C(=CSSSC)C(O)(C#CC=CC#CC2OC2OC(C)C(NOC3CC(O)C(SC(=O)c4c(C)c(Br)c(O)c(OC)c4OC)C(C)O3)C(O)C2O)CC1=O. The number of aliphatic hydroxyl groups is 4. The number of allylic oxidation sites excluding steroid dienone is 3. The number of aliphatic hydroxyl groups excluding tert-OH is 3. The average Bonchev–Trinajstić information content (AvgIpc) is 3.22. The molecule has 17 nitrogen and oxygen atoms in total. The second-order valence-corrected chi connectivity index (χ2v) is 19.8. The molecule has 7 N–H and O–H groups in total. The highest BCUT2D eigenvalue weighted by Crippen LogP contribution is 2.49. The molecule has 22 heteroatoms. The van der Waals surface area contributed by atoms with Crippen LogP contribution in [-0.4, -0.2) is 136 Å². The van der Waals surface area contributed by atoms with Crippen molar-refractivity contribution in [2.24, 2.45) is 0 Å². The van der Waals surface area contributed by atoms with E-state index in [0.29, 0.717) is 5.56 Å². The van der Waals surface area contributed by atoms with Crippen LogP contribution < -0.4 is 20.3 Å². The van der Waals surface area contributed by atoms with Gasteiger partial charge in [-0.3, -0.25) is 19.7 Å². The summed E-state index contributed by atoms with van der Waals surface area (Å²) in [5.74, 6) is 10.1. The topological polar surface area (TPSA) is 241 Å². The molecule has 2 saturated heterocycles. The molecule has 0 spiro atoms. The number of amides is 1. The Labute approximate surface area is 376 Å². The number of rotatable bonds is 13. The highest BCUT2D eigenvalue weighted by molar-refractivity contribution is 9.10. The van der Waals surface area contributed by atoms with Gasteiger partial charge >= 0.3 is 6.09 Å². The predicted octanol–water partition coefficient (Wildman–Crippen LogP) is 3.39. The van der Waals surface area contributed by atoms with E-state index in [0.717, 1.165) is 18.9 Å². The van der Waals surface area contributed by atoms with E-state index in [1.54, 1.807) is 26.2 Å². The van der Waals surface area contributed by atoms with E-state index in [2.05, 4.69) is 50.4 Å². The van der Waals surface area contributed by atoms with Gasteiger partial charge in [-0.25, -0.2) is 4.79 Å². The van der Waals surface area contributed by atoms with Gasteiger partial charge in [-0.2, -0.15) is 5.48 Å². The number of hydroxylamine groups is 1. The van der Waals surface area contributed by atoms with Crippen LogP contribution in [0.2, 0.25) is 0 Å². The number of methoxy groups -OCH3 is 3. The van der Waals surface area contributed by atoms with Crippen LogP contribution in [0.1, 0.15) is 42.6 Å². The van der Waals surface area contributed by atoms with Crippen LogP contribution in [0.5, 0.6) is 17.2 Å². The van der Waals surface area contributed by atoms with Gasteiger partial charge in [0.2, 0.25) is 10.9 Å². The monoisotopic (exact) mass is 988 g/mol. The van der Waals surface area contributed by atoms with E-state index in [-0.39, 0.29) is 50.5 Å². The fraction of sp³-hybridized carbons (Fsp3) is 0.513. The molecule has 0 aromatic heterocycles. The van der Waals surface area contributed by atoms with Crippen molar-refractivity contribution in [3.8, 4) is 40.9 Å². The summed E-state index contributed by atoms with van der Waals surface area (Å²) in [6.45, 7) is 4.85. The number of carbonyl (C=O) groups excluding carboxylic acids is 3. The molecule has 2 aliphatic carbocycles. The summed E-state index contributed by atoms with van der Waals surface area (Å²) in [6, 6.07) is -1.08. The number of nitrogens with one attached hydrogen (secondary N) is 2. The van der Waals surface area contributed by atoms with Gasteiger partial charge in [0.15, 0.2) is 35.5 Å². The Kier molecular flexibility index (Phi) is 17.4. The van der Waals surface area contributed by atoms with E-state index in [1.807, 2.05) is 6.26 Å². The number of phenols is 1. The number of ketones is 1. The third kappa shape index (κ3) is 10.9. The van der Waals surface area contributed by atoms with Crippen molar-refractivity contribution < 1.29 is 73.2 Å². The molecule has 1 aromatic carbocycles. The van der Waals surface area contributed by atoms with Crippen LogP contribution >= 0.6 is 59.1 Å². The fourth-order valence-corrected chi connectivity index (χ4v) is 10.6. The van der Waals surface area contributed by atoms with Gasteiger partial charge in [0.25, 0.3) is 0 Å². The first-order valence-corrected chi connectivity index (χ1v) is 24.0. The van der Waals surface area contributed by atoms with Crippen LogP contribution in [0, 0.1) is 30.6 Å². The summed E-state index contributed by atoms with van der Waals surface area (Å²) in [7, 11) is 7.78. The van der Waals surface area contributed by atoms with Crippen molar-refractivity contribution in [1.29, 1.82) is 0 Å². The van der Waals surface area contributed by atoms with Gasteiger partial charge in [0, 0.05) is 17.6 Å². The molecule has 4 aliphatic rings. The third-order valence-corrected chi connectivity index (χ3v) is 15.7. The molecule has 2 fully saturated rings. The zero-order valence-electron chi connectivity index (χ0n) is 33.7. The van der Waals surface area contributed by atoms with E-state index >= 15 is 0 Å². The molecular formula is C39H45BrN2O15S4. The second-order valence-electron chi connectivity index (χ2n) is 13.8. The zero-order chi connectivity index (χ0) is 44.8. The highest BCUT2D eigenvalue weighted by Gasteiger charge is 2.49. The van der Waals surface area contributed by atoms with E-state index < -0.39 is 89.5 Å². The fourth-order valence-electron chi connectivity index (χ4n) is 6.86. The molecule has 11 unspecified atom stereocenters. The van der Waals surface area contributed by atoms with E-state index in [1.165, 1.54) is 57.8 Å². The first-order chi connectivity index (χ1) is 29.0. The molecular weight excluding hydrogens is 945 g/mol. The van der Waals surface area contributed by atoms with Crippen LogP contribution in [0.4, 0.5) is 4.79 Å². The van der Waals surface area contributed by atoms with Crippen molar-refractivity contribution in [3.05, 3.63) is 50.0 Å². The lowest BCUT2D eigenvalue weighted by Crippen LogP contribution is -2.63. The molecule has 0 saturated carbocycles.